The van der Waals surface area contributed by atoms with E-state index in [4.69, 9.17) is 11.6 Å². The van der Waals surface area contributed by atoms with Crippen LogP contribution in [0.2, 0.25) is 5.02 Å². The number of piperidine rings is 1. The number of ketones is 1. The number of imide groups is 1. The molecule has 4 rings (SSSR count). The Morgan fingerprint density at radius 2 is 1.66 bits per heavy atom. The number of carbonyl (C=O) groups excluding carboxylic acids is 3. The molecule has 8 heteroatoms. The molecule has 1 fully saturated rings. The van der Waals surface area contributed by atoms with Gasteiger partial charge in [-0.1, -0.05) is 23.7 Å². The number of fused-ring (bicyclic) bond motifs is 1. The first kappa shape index (κ1) is 19.7. The predicted molar refractivity (Wildman–Crippen MR) is 102 cm³/mol. The van der Waals surface area contributed by atoms with Gasteiger partial charge in [-0.05, 0) is 56.3 Å². The van der Waals surface area contributed by atoms with Gasteiger partial charge in [0.25, 0.3) is 11.8 Å². The minimum atomic E-state index is -2.11. The van der Waals surface area contributed by atoms with Crippen molar-refractivity contribution in [1.82, 2.24) is 10.2 Å². The molecule has 0 aromatic heterocycles. The summed E-state index contributed by atoms with van der Waals surface area (Å²) in [5.74, 6) is -2.94. The van der Waals surface area contributed by atoms with Crippen molar-refractivity contribution in [3.63, 3.8) is 0 Å². The predicted octanol–water partition coefficient (Wildman–Crippen LogP) is 3.42. The molecular formula is C21H17ClF2N2O3. The number of rotatable bonds is 4. The molecule has 2 heterocycles. The van der Waals surface area contributed by atoms with Crippen LogP contribution in [0.15, 0.2) is 42.5 Å². The summed E-state index contributed by atoms with van der Waals surface area (Å²) in [7, 11) is 0. The van der Waals surface area contributed by atoms with E-state index in [2.05, 4.69) is 5.32 Å². The van der Waals surface area contributed by atoms with E-state index in [-0.39, 0.29) is 34.6 Å². The van der Waals surface area contributed by atoms with Crippen LogP contribution in [0.1, 0.15) is 43.9 Å². The first-order valence-corrected chi connectivity index (χ1v) is 9.57. The fourth-order valence-electron chi connectivity index (χ4n) is 3.95. The van der Waals surface area contributed by atoms with Crippen molar-refractivity contribution in [3.8, 4) is 0 Å². The van der Waals surface area contributed by atoms with Crippen molar-refractivity contribution in [2.24, 2.45) is 0 Å². The van der Waals surface area contributed by atoms with Crippen molar-refractivity contribution in [2.45, 2.75) is 24.6 Å². The van der Waals surface area contributed by atoms with Crippen LogP contribution in [-0.2, 0) is 0 Å². The van der Waals surface area contributed by atoms with Gasteiger partial charge in [0, 0.05) is 5.56 Å². The van der Waals surface area contributed by atoms with Gasteiger partial charge in [-0.2, -0.15) is 0 Å². The van der Waals surface area contributed by atoms with Crippen LogP contribution in [0.3, 0.4) is 0 Å². The fourth-order valence-corrected chi connectivity index (χ4v) is 4.13. The summed E-state index contributed by atoms with van der Waals surface area (Å²) < 4.78 is 29.6. The Labute approximate surface area is 170 Å². The number of carbonyl (C=O) groups is 3. The summed E-state index contributed by atoms with van der Waals surface area (Å²) in [6.07, 6.45) is -0.0997. The highest BCUT2D eigenvalue weighted by atomic mass is 35.5. The normalized spacial score (nSPS) is 19.2. The molecule has 2 aromatic carbocycles. The van der Waals surface area contributed by atoms with Crippen LogP contribution in [0.25, 0.3) is 0 Å². The highest BCUT2D eigenvalue weighted by Crippen LogP contribution is 2.37. The number of alkyl halides is 1. The largest absolute Gasteiger partial charge is 0.316 e. The molecule has 1 atom stereocenters. The van der Waals surface area contributed by atoms with Gasteiger partial charge in [0.2, 0.25) is 0 Å². The molecule has 0 aliphatic carbocycles. The number of nitrogens with zero attached hydrogens (tertiary/aromatic N) is 1. The van der Waals surface area contributed by atoms with Crippen LogP contribution in [0, 0.1) is 5.82 Å². The number of halogens is 3. The van der Waals surface area contributed by atoms with E-state index in [1.165, 1.54) is 18.2 Å². The van der Waals surface area contributed by atoms with E-state index in [9.17, 15) is 18.8 Å². The van der Waals surface area contributed by atoms with Crippen molar-refractivity contribution in [2.75, 3.05) is 13.1 Å². The summed E-state index contributed by atoms with van der Waals surface area (Å²) >= 11 is 5.79. The molecule has 0 saturated carbocycles. The Balaban J connectivity index is 1.81. The molecule has 5 nitrogen and oxygen atoms in total. The first-order chi connectivity index (χ1) is 13.8. The second-order valence-corrected chi connectivity index (χ2v) is 7.61. The molecule has 150 valence electrons. The smallest absolute Gasteiger partial charge is 0.262 e. The summed E-state index contributed by atoms with van der Waals surface area (Å²) in [6, 6.07) is 7.74. The van der Waals surface area contributed by atoms with E-state index in [1.807, 2.05) is 0 Å². The molecule has 2 amide bonds. The lowest BCUT2D eigenvalue weighted by Gasteiger charge is -2.39. The molecule has 1 saturated heterocycles. The van der Waals surface area contributed by atoms with Gasteiger partial charge < -0.3 is 5.32 Å². The zero-order valence-corrected chi connectivity index (χ0v) is 16.0. The maximum Gasteiger partial charge on any atom is 0.262 e. The lowest BCUT2D eigenvalue weighted by Crippen LogP contribution is -2.59. The minimum absolute atomic E-state index is 0.0499. The fraction of sp³-hybridized carbons (Fsp3) is 0.286. The highest BCUT2D eigenvalue weighted by molar-refractivity contribution is 6.31. The quantitative estimate of drug-likeness (QED) is 0.610. The number of hydrogen-bond donors (Lipinski definition) is 1. The topological polar surface area (TPSA) is 66.5 Å². The van der Waals surface area contributed by atoms with Crippen LogP contribution in [-0.4, -0.2) is 47.3 Å². The molecule has 2 aromatic rings. The van der Waals surface area contributed by atoms with Gasteiger partial charge in [0.1, 0.15) is 17.5 Å². The lowest BCUT2D eigenvalue weighted by atomic mass is 9.81. The standard InChI is InChI=1S/C21H17ClF2N2O3/c22-15-11-12(5-6-16(15)23)17(27)18(21(24)7-9-25-10-8-21)26-19(28)13-3-1-2-4-14(13)20(26)29/h1-6,11,18,25H,7-10H2. The van der Waals surface area contributed by atoms with Crippen molar-refractivity contribution >= 4 is 29.2 Å². The van der Waals surface area contributed by atoms with E-state index in [1.54, 1.807) is 12.1 Å². The Morgan fingerprint density at radius 1 is 1.07 bits per heavy atom. The van der Waals surface area contributed by atoms with Crippen LogP contribution in [0.4, 0.5) is 8.78 Å². The number of Topliss-reactive ketones (excluding diaryl/α,β-unsaturated/α-hetero) is 1. The zero-order chi connectivity index (χ0) is 20.8. The van der Waals surface area contributed by atoms with Gasteiger partial charge in [0.05, 0.1) is 16.1 Å². The average molecular weight is 419 g/mol. The minimum Gasteiger partial charge on any atom is -0.316 e. The van der Waals surface area contributed by atoms with E-state index < -0.39 is 35.1 Å². The third-order valence-corrected chi connectivity index (χ3v) is 5.75. The molecule has 2 aliphatic heterocycles. The maximum atomic E-state index is 16.1. The summed E-state index contributed by atoms with van der Waals surface area (Å²) in [5, 5.41) is 2.71. The molecular weight excluding hydrogens is 402 g/mol. The highest BCUT2D eigenvalue weighted by Gasteiger charge is 2.54. The molecule has 0 spiro atoms. The van der Waals surface area contributed by atoms with E-state index in [0.717, 1.165) is 17.0 Å². The van der Waals surface area contributed by atoms with Gasteiger partial charge in [0.15, 0.2) is 5.78 Å². The summed E-state index contributed by atoms with van der Waals surface area (Å²) in [4.78, 5) is 40.0. The summed E-state index contributed by atoms with van der Waals surface area (Å²) in [6.45, 7) is 0.598. The SMILES string of the molecule is O=C(c1ccc(F)c(Cl)c1)C(N1C(=O)c2ccccc2C1=O)C1(F)CCNCC1. The third kappa shape index (κ3) is 3.24. The first-order valence-electron chi connectivity index (χ1n) is 9.19. The second kappa shape index (κ2) is 7.31. The number of nitrogens with one attached hydrogen (secondary N) is 1. The van der Waals surface area contributed by atoms with Gasteiger partial charge in [-0.3, -0.25) is 19.3 Å². The van der Waals surface area contributed by atoms with Crippen molar-refractivity contribution < 1.29 is 23.2 Å². The second-order valence-electron chi connectivity index (χ2n) is 7.21. The van der Waals surface area contributed by atoms with Crippen LogP contribution >= 0.6 is 11.6 Å². The monoisotopic (exact) mass is 418 g/mol. The number of hydrogen-bond acceptors (Lipinski definition) is 4. The maximum absolute atomic E-state index is 16.1. The van der Waals surface area contributed by atoms with E-state index >= 15 is 4.39 Å². The van der Waals surface area contributed by atoms with Crippen molar-refractivity contribution in [3.05, 3.63) is 70.0 Å². The number of amides is 2. The van der Waals surface area contributed by atoms with E-state index in [0.29, 0.717) is 13.1 Å². The molecule has 1 N–H and O–H groups in total. The molecule has 0 bridgehead atoms. The molecule has 1 unspecified atom stereocenters. The zero-order valence-electron chi connectivity index (χ0n) is 15.3. The van der Waals surface area contributed by atoms with Gasteiger partial charge >= 0.3 is 0 Å². The number of benzene rings is 2. The third-order valence-electron chi connectivity index (χ3n) is 5.46. The molecule has 29 heavy (non-hydrogen) atoms. The lowest BCUT2D eigenvalue weighted by molar-refractivity contribution is 0.0104. The van der Waals surface area contributed by atoms with Crippen LogP contribution in [0.5, 0.6) is 0 Å². The summed E-state index contributed by atoms with van der Waals surface area (Å²) in [5.41, 5.74) is -1.92. The van der Waals surface area contributed by atoms with Crippen molar-refractivity contribution in [1.29, 1.82) is 0 Å². The van der Waals surface area contributed by atoms with Gasteiger partial charge in [-0.25, -0.2) is 8.78 Å². The van der Waals surface area contributed by atoms with Gasteiger partial charge in [-0.15, -0.1) is 0 Å². The molecule has 0 radical (unpaired) electrons. The Bertz CT molecular complexity index is 986. The molecule has 2 aliphatic rings. The Kier molecular flexibility index (Phi) is 4.96. The Morgan fingerprint density at radius 3 is 2.21 bits per heavy atom. The average Bonchev–Trinajstić information content (AvgIpc) is 2.96. The van der Waals surface area contributed by atoms with Crippen LogP contribution < -0.4 is 5.32 Å². The Hall–Kier alpha value is -2.64.